The summed E-state index contributed by atoms with van der Waals surface area (Å²) < 4.78 is 11.9. The van der Waals surface area contributed by atoms with Crippen LogP contribution in [0.4, 0.5) is 10.5 Å². The van der Waals surface area contributed by atoms with Crippen molar-refractivity contribution in [3.63, 3.8) is 0 Å². The molecule has 1 aliphatic heterocycles. The van der Waals surface area contributed by atoms with Crippen LogP contribution in [0.1, 0.15) is 56.0 Å². The number of ether oxygens (including phenoxy) is 2. The molecule has 6 nitrogen and oxygen atoms in total. The van der Waals surface area contributed by atoms with Crippen molar-refractivity contribution >= 4 is 17.6 Å². The van der Waals surface area contributed by atoms with Gasteiger partial charge in [-0.1, -0.05) is 43.7 Å². The Morgan fingerprint density at radius 1 is 1.12 bits per heavy atom. The summed E-state index contributed by atoms with van der Waals surface area (Å²) in [5.74, 6) is 0.0478. The normalized spacial score (nSPS) is 20.6. The fourth-order valence-corrected chi connectivity index (χ4v) is 3.95. The van der Waals surface area contributed by atoms with Gasteiger partial charge >= 0.3 is 6.09 Å². The van der Waals surface area contributed by atoms with Crippen LogP contribution in [0.25, 0.3) is 0 Å². The Morgan fingerprint density at radius 3 is 2.50 bits per heavy atom. The molecule has 32 heavy (non-hydrogen) atoms. The highest BCUT2D eigenvalue weighted by atomic mass is 16.6. The molecule has 1 heterocycles. The first-order chi connectivity index (χ1) is 15.4. The van der Waals surface area contributed by atoms with Crippen LogP contribution < -0.4 is 5.32 Å². The number of likely N-dealkylation sites (tertiary alicyclic amines) is 1. The van der Waals surface area contributed by atoms with Gasteiger partial charge in [0.2, 0.25) is 0 Å². The average molecular weight is 439 g/mol. The molecule has 2 aromatic rings. The van der Waals surface area contributed by atoms with Gasteiger partial charge in [-0.2, -0.15) is 0 Å². The van der Waals surface area contributed by atoms with Crippen molar-refractivity contribution in [2.24, 2.45) is 0 Å². The number of benzene rings is 2. The molecule has 172 valence electrons. The Kier molecular flexibility index (Phi) is 8.28. The smallest absolute Gasteiger partial charge is 0.410 e. The number of Topliss-reactive ketones (excluding diaryl/α,β-unsaturated/α-hetero) is 1. The Bertz CT molecular complexity index is 884. The first-order valence-electron chi connectivity index (χ1n) is 11.4. The summed E-state index contributed by atoms with van der Waals surface area (Å²) in [7, 11) is 0. The van der Waals surface area contributed by atoms with Crippen molar-refractivity contribution < 1.29 is 19.1 Å². The van der Waals surface area contributed by atoms with E-state index in [0.29, 0.717) is 25.3 Å². The molecule has 0 aromatic heterocycles. The van der Waals surface area contributed by atoms with E-state index in [4.69, 9.17) is 9.47 Å². The van der Waals surface area contributed by atoms with E-state index < -0.39 is 5.60 Å². The van der Waals surface area contributed by atoms with E-state index in [2.05, 4.69) is 19.2 Å². The summed E-state index contributed by atoms with van der Waals surface area (Å²) in [5, 5.41) is 3.57. The number of rotatable bonds is 9. The Hall–Kier alpha value is -2.86. The zero-order chi connectivity index (χ0) is 23.0. The molecular formula is C26H34N2O4. The number of piperidine rings is 1. The summed E-state index contributed by atoms with van der Waals surface area (Å²) >= 11 is 0. The van der Waals surface area contributed by atoms with Crippen LogP contribution in [0, 0.1) is 0 Å². The number of nitrogens with one attached hydrogen (secondary N) is 1. The Balaban J connectivity index is 1.66. The highest BCUT2D eigenvalue weighted by Gasteiger charge is 2.42. The molecule has 1 N–H and O–H groups in total. The van der Waals surface area contributed by atoms with Gasteiger partial charge in [-0.05, 0) is 56.5 Å². The largest absolute Gasteiger partial charge is 0.445 e. The molecule has 2 atom stereocenters. The average Bonchev–Trinajstić information content (AvgIpc) is 2.80. The van der Waals surface area contributed by atoms with Gasteiger partial charge < -0.3 is 19.7 Å². The molecule has 0 radical (unpaired) electrons. The Morgan fingerprint density at radius 2 is 1.84 bits per heavy atom. The highest BCUT2D eigenvalue weighted by molar-refractivity contribution is 5.94. The molecule has 0 bridgehead atoms. The molecule has 1 saturated heterocycles. The summed E-state index contributed by atoms with van der Waals surface area (Å²) in [6.07, 6.45) is 2.43. The quantitative estimate of drug-likeness (QED) is 0.426. The molecule has 1 amide bonds. The van der Waals surface area contributed by atoms with Crippen LogP contribution in [-0.2, 0) is 16.1 Å². The van der Waals surface area contributed by atoms with Gasteiger partial charge in [0.05, 0.1) is 12.6 Å². The van der Waals surface area contributed by atoms with E-state index >= 15 is 0 Å². The molecule has 3 rings (SSSR count). The lowest BCUT2D eigenvalue weighted by molar-refractivity contribution is -0.0829. The number of unbranched alkanes of at least 4 members (excludes halogenated alkanes) is 1. The number of hydrogen-bond acceptors (Lipinski definition) is 5. The standard InChI is InChI=1S/C26H34N2O4/c1-4-5-17-32-26(3)19-28(25(30)31-18-21-9-7-6-8-10-21)16-15-24(26)27-23-13-11-22(12-14-23)20(2)29/h6-14,24,27H,4-5,15-19H2,1-3H3. The van der Waals surface area contributed by atoms with Gasteiger partial charge in [-0.3, -0.25) is 4.79 Å². The topological polar surface area (TPSA) is 67.9 Å². The zero-order valence-corrected chi connectivity index (χ0v) is 19.3. The highest BCUT2D eigenvalue weighted by Crippen LogP contribution is 2.29. The van der Waals surface area contributed by atoms with Gasteiger partial charge in [0.1, 0.15) is 12.2 Å². The van der Waals surface area contributed by atoms with E-state index in [9.17, 15) is 9.59 Å². The maximum absolute atomic E-state index is 12.8. The van der Waals surface area contributed by atoms with Crippen LogP contribution in [0.2, 0.25) is 0 Å². The van der Waals surface area contributed by atoms with Gasteiger partial charge in [-0.25, -0.2) is 4.79 Å². The third-order valence-electron chi connectivity index (χ3n) is 5.95. The minimum Gasteiger partial charge on any atom is -0.445 e. The first kappa shape index (κ1) is 23.8. The molecule has 0 spiro atoms. The van der Waals surface area contributed by atoms with Crippen LogP contribution in [0.3, 0.4) is 0 Å². The lowest BCUT2D eigenvalue weighted by Crippen LogP contribution is -2.60. The molecule has 0 aliphatic carbocycles. The van der Waals surface area contributed by atoms with Crippen molar-refractivity contribution in [2.45, 2.75) is 58.3 Å². The maximum Gasteiger partial charge on any atom is 0.410 e. The zero-order valence-electron chi connectivity index (χ0n) is 19.3. The second kappa shape index (κ2) is 11.1. The SMILES string of the molecule is CCCCOC1(C)CN(C(=O)OCc2ccccc2)CCC1Nc1ccc(C(C)=O)cc1. The van der Waals surface area contributed by atoms with E-state index in [1.807, 2.05) is 54.6 Å². The number of nitrogens with zero attached hydrogens (tertiary/aromatic N) is 1. The van der Waals surface area contributed by atoms with E-state index in [1.165, 1.54) is 0 Å². The van der Waals surface area contributed by atoms with E-state index in [1.54, 1.807) is 11.8 Å². The predicted octanol–water partition coefficient (Wildman–Crippen LogP) is 5.29. The first-order valence-corrected chi connectivity index (χ1v) is 11.4. The van der Waals surface area contributed by atoms with Crippen molar-refractivity contribution in [3.05, 3.63) is 65.7 Å². The third-order valence-corrected chi connectivity index (χ3v) is 5.95. The van der Waals surface area contributed by atoms with Crippen molar-refractivity contribution in [3.8, 4) is 0 Å². The molecule has 1 fully saturated rings. The molecule has 2 aromatic carbocycles. The van der Waals surface area contributed by atoms with E-state index in [0.717, 1.165) is 30.5 Å². The minimum atomic E-state index is -0.557. The van der Waals surface area contributed by atoms with Crippen molar-refractivity contribution in [1.82, 2.24) is 4.90 Å². The summed E-state index contributed by atoms with van der Waals surface area (Å²) in [6.45, 7) is 7.69. The summed E-state index contributed by atoms with van der Waals surface area (Å²) in [5.41, 5.74) is 2.03. The Labute approximate surface area is 190 Å². The van der Waals surface area contributed by atoms with Gasteiger partial charge in [0.15, 0.2) is 5.78 Å². The lowest BCUT2D eigenvalue weighted by atomic mass is 9.88. The van der Waals surface area contributed by atoms with Gasteiger partial charge in [0, 0.05) is 24.4 Å². The van der Waals surface area contributed by atoms with Crippen LogP contribution in [-0.4, -0.2) is 48.1 Å². The molecular weight excluding hydrogens is 404 g/mol. The minimum absolute atomic E-state index is 0.0284. The van der Waals surface area contributed by atoms with Gasteiger partial charge in [0.25, 0.3) is 0 Å². The van der Waals surface area contributed by atoms with Crippen LogP contribution in [0.5, 0.6) is 0 Å². The number of carbonyl (C=O) groups is 2. The molecule has 6 heteroatoms. The number of amides is 1. The maximum atomic E-state index is 12.8. The summed E-state index contributed by atoms with van der Waals surface area (Å²) in [4.78, 5) is 26.0. The monoisotopic (exact) mass is 438 g/mol. The second-order valence-electron chi connectivity index (χ2n) is 8.60. The number of ketones is 1. The molecule has 1 aliphatic rings. The predicted molar refractivity (Wildman–Crippen MR) is 126 cm³/mol. The molecule has 0 saturated carbocycles. The fraction of sp³-hybridized carbons (Fsp3) is 0.462. The number of carbonyl (C=O) groups excluding carboxylic acids is 2. The van der Waals surface area contributed by atoms with Crippen LogP contribution >= 0.6 is 0 Å². The molecule has 2 unspecified atom stereocenters. The summed E-state index contributed by atoms with van der Waals surface area (Å²) in [6, 6.07) is 17.2. The number of hydrogen-bond donors (Lipinski definition) is 1. The van der Waals surface area contributed by atoms with Crippen LogP contribution in [0.15, 0.2) is 54.6 Å². The van der Waals surface area contributed by atoms with Gasteiger partial charge in [-0.15, -0.1) is 0 Å². The fourth-order valence-electron chi connectivity index (χ4n) is 3.95. The van der Waals surface area contributed by atoms with Crippen molar-refractivity contribution in [1.29, 1.82) is 0 Å². The van der Waals surface area contributed by atoms with Crippen molar-refractivity contribution in [2.75, 3.05) is 25.0 Å². The third kappa shape index (κ3) is 6.33. The van der Waals surface area contributed by atoms with E-state index in [-0.39, 0.29) is 24.5 Å². The second-order valence-corrected chi connectivity index (χ2v) is 8.60. The lowest BCUT2D eigenvalue weighted by Gasteiger charge is -2.46. The number of anilines is 1.